The van der Waals surface area contributed by atoms with Gasteiger partial charge in [0.05, 0.1) is 32.2 Å². The number of nitrogens with zero attached hydrogens (tertiary/aromatic N) is 2. The van der Waals surface area contributed by atoms with Gasteiger partial charge in [-0.15, -0.1) is 22.7 Å². The summed E-state index contributed by atoms with van der Waals surface area (Å²) in [6.45, 7) is 2.40. The summed E-state index contributed by atoms with van der Waals surface area (Å²) in [6, 6.07) is 12.0. The summed E-state index contributed by atoms with van der Waals surface area (Å²) in [7, 11) is 0. The SMILES string of the molecule is Cc1oc(-c2cccs2)nc1CC(=O)NCCc1nc2ccccc2s1. The zero-order valence-corrected chi connectivity index (χ0v) is 15.8. The van der Waals surface area contributed by atoms with Crippen LogP contribution in [0.3, 0.4) is 0 Å². The lowest BCUT2D eigenvalue weighted by Gasteiger charge is -2.02. The molecular formula is C19H17N3O2S2. The maximum absolute atomic E-state index is 12.2. The first kappa shape index (κ1) is 16.9. The maximum atomic E-state index is 12.2. The minimum absolute atomic E-state index is 0.0553. The molecule has 1 N–H and O–H groups in total. The number of aromatic nitrogens is 2. The topological polar surface area (TPSA) is 68.0 Å². The summed E-state index contributed by atoms with van der Waals surface area (Å²) < 4.78 is 6.85. The highest BCUT2D eigenvalue weighted by Gasteiger charge is 2.15. The fourth-order valence-corrected chi connectivity index (χ4v) is 4.26. The van der Waals surface area contributed by atoms with Gasteiger partial charge in [0.1, 0.15) is 5.76 Å². The van der Waals surface area contributed by atoms with E-state index in [1.807, 2.05) is 42.6 Å². The van der Waals surface area contributed by atoms with Gasteiger partial charge < -0.3 is 9.73 Å². The van der Waals surface area contributed by atoms with Crippen molar-refractivity contribution in [1.82, 2.24) is 15.3 Å². The van der Waals surface area contributed by atoms with Gasteiger partial charge in [0.15, 0.2) is 0 Å². The van der Waals surface area contributed by atoms with Crippen LogP contribution in [0, 0.1) is 6.92 Å². The molecule has 0 saturated carbocycles. The fraction of sp³-hybridized carbons (Fsp3) is 0.211. The Kier molecular flexibility index (Phi) is 4.81. The smallest absolute Gasteiger partial charge is 0.236 e. The van der Waals surface area contributed by atoms with Crippen molar-refractivity contribution in [3.05, 3.63) is 58.2 Å². The summed E-state index contributed by atoms with van der Waals surface area (Å²) in [6.07, 6.45) is 0.948. The number of oxazole rings is 1. The number of amides is 1. The lowest BCUT2D eigenvalue weighted by atomic mass is 10.2. The average Bonchev–Trinajstić information content (AvgIpc) is 3.35. The Morgan fingerprint density at radius 1 is 1.19 bits per heavy atom. The predicted molar refractivity (Wildman–Crippen MR) is 105 cm³/mol. The molecule has 0 radical (unpaired) electrons. The normalized spacial score (nSPS) is 11.1. The quantitative estimate of drug-likeness (QED) is 0.541. The maximum Gasteiger partial charge on any atom is 0.236 e. The van der Waals surface area contributed by atoms with E-state index in [4.69, 9.17) is 4.42 Å². The van der Waals surface area contributed by atoms with Crippen molar-refractivity contribution in [3.63, 3.8) is 0 Å². The van der Waals surface area contributed by atoms with Crippen LogP contribution in [0.1, 0.15) is 16.5 Å². The number of nitrogens with one attached hydrogen (secondary N) is 1. The number of carbonyl (C=O) groups excluding carboxylic acids is 1. The van der Waals surface area contributed by atoms with Crippen LogP contribution in [-0.2, 0) is 17.6 Å². The molecular weight excluding hydrogens is 366 g/mol. The van der Waals surface area contributed by atoms with E-state index in [1.165, 1.54) is 4.70 Å². The number of aryl methyl sites for hydroxylation is 1. The Balaban J connectivity index is 1.33. The highest BCUT2D eigenvalue weighted by Crippen LogP contribution is 2.26. The van der Waals surface area contributed by atoms with Gasteiger partial charge >= 0.3 is 0 Å². The molecule has 1 aromatic carbocycles. The average molecular weight is 383 g/mol. The molecule has 0 saturated heterocycles. The van der Waals surface area contributed by atoms with Gasteiger partial charge in [0.2, 0.25) is 11.8 Å². The summed E-state index contributed by atoms with van der Waals surface area (Å²) in [5, 5.41) is 5.95. The van der Waals surface area contributed by atoms with Gasteiger partial charge in [0.25, 0.3) is 0 Å². The molecule has 0 aliphatic carbocycles. The molecule has 1 amide bonds. The van der Waals surface area contributed by atoms with Crippen LogP contribution in [0.5, 0.6) is 0 Å². The monoisotopic (exact) mass is 383 g/mol. The molecule has 0 bridgehead atoms. The molecule has 4 rings (SSSR count). The number of thiophene rings is 1. The minimum Gasteiger partial charge on any atom is -0.440 e. The Morgan fingerprint density at radius 3 is 2.88 bits per heavy atom. The highest BCUT2D eigenvalue weighted by molar-refractivity contribution is 7.18. The van der Waals surface area contributed by atoms with Gasteiger partial charge in [-0.2, -0.15) is 0 Å². The standard InChI is InChI=1S/C19H17N3O2S2/c1-12-14(22-19(24-12)16-7-4-10-25-16)11-17(23)20-9-8-18-21-13-5-2-3-6-15(13)26-18/h2-7,10H,8-9,11H2,1H3,(H,20,23). The second kappa shape index (κ2) is 7.39. The molecule has 0 unspecified atom stereocenters. The van der Waals surface area contributed by atoms with Crippen molar-refractivity contribution in [3.8, 4) is 10.8 Å². The van der Waals surface area contributed by atoms with Crippen molar-refractivity contribution in [2.45, 2.75) is 19.8 Å². The number of carbonyl (C=O) groups is 1. The summed E-state index contributed by atoms with van der Waals surface area (Å²) in [5.74, 6) is 1.21. The van der Waals surface area contributed by atoms with Crippen molar-refractivity contribution in [2.24, 2.45) is 0 Å². The Bertz CT molecular complexity index is 1000. The molecule has 3 aromatic heterocycles. The Hall–Kier alpha value is -2.51. The number of thiazole rings is 1. The fourth-order valence-electron chi connectivity index (χ4n) is 2.65. The molecule has 0 spiro atoms. The zero-order valence-electron chi connectivity index (χ0n) is 14.2. The van der Waals surface area contributed by atoms with Gasteiger partial charge in [-0.3, -0.25) is 4.79 Å². The molecule has 0 atom stereocenters. The molecule has 7 heteroatoms. The van der Waals surface area contributed by atoms with Gasteiger partial charge in [-0.1, -0.05) is 18.2 Å². The zero-order chi connectivity index (χ0) is 17.9. The van der Waals surface area contributed by atoms with Gasteiger partial charge in [-0.05, 0) is 30.5 Å². The first-order valence-corrected chi connectivity index (χ1v) is 10.00. The van der Waals surface area contributed by atoms with Crippen molar-refractivity contribution >= 4 is 38.8 Å². The molecule has 132 valence electrons. The second-order valence-corrected chi connectivity index (χ2v) is 7.91. The Labute approximate surface area is 158 Å². The molecule has 3 heterocycles. The molecule has 0 aliphatic heterocycles. The van der Waals surface area contributed by atoms with Crippen LogP contribution in [0.2, 0.25) is 0 Å². The van der Waals surface area contributed by atoms with E-state index < -0.39 is 0 Å². The number of para-hydroxylation sites is 1. The van der Waals surface area contributed by atoms with Gasteiger partial charge in [0, 0.05) is 13.0 Å². The van der Waals surface area contributed by atoms with Crippen molar-refractivity contribution < 1.29 is 9.21 Å². The van der Waals surface area contributed by atoms with Gasteiger partial charge in [-0.25, -0.2) is 9.97 Å². The van der Waals surface area contributed by atoms with Crippen LogP contribution in [-0.4, -0.2) is 22.4 Å². The number of fused-ring (bicyclic) bond motifs is 1. The van der Waals surface area contributed by atoms with E-state index in [2.05, 4.69) is 21.4 Å². The largest absolute Gasteiger partial charge is 0.440 e. The first-order valence-electron chi connectivity index (χ1n) is 8.30. The van der Waals surface area contributed by atoms with E-state index in [-0.39, 0.29) is 12.3 Å². The van der Waals surface area contributed by atoms with Crippen LogP contribution in [0.15, 0.2) is 46.2 Å². The molecule has 5 nitrogen and oxygen atoms in total. The van der Waals surface area contributed by atoms with E-state index in [0.717, 1.165) is 21.8 Å². The highest BCUT2D eigenvalue weighted by atomic mass is 32.1. The van der Waals surface area contributed by atoms with Crippen LogP contribution < -0.4 is 5.32 Å². The van der Waals surface area contributed by atoms with E-state index >= 15 is 0 Å². The van der Waals surface area contributed by atoms with Crippen LogP contribution in [0.4, 0.5) is 0 Å². The van der Waals surface area contributed by atoms with Crippen LogP contribution >= 0.6 is 22.7 Å². The molecule has 26 heavy (non-hydrogen) atoms. The lowest BCUT2D eigenvalue weighted by Crippen LogP contribution is -2.27. The minimum atomic E-state index is -0.0553. The van der Waals surface area contributed by atoms with E-state index in [9.17, 15) is 4.79 Å². The van der Waals surface area contributed by atoms with Crippen molar-refractivity contribution in [2.75, 3.05) is 6.54 Å². The Morgan fingerprint density at radius 2 is 2.08 bits per heavy atom. The summed E-state index contributed by atoms with van der Waals surface area (Å²) >= 11 is 3.24. The number of rotatable bonds is 6. The second-order valence-electron chi connectivity index (χ2n) is 5.85. The molecule has 4 aromatic rings. The summed E-state index contributed by atoms with van der Waals surface area (Å²) in [4.78, 5) is 22.2. The predicted octanol–water partition coefficient (Wildman–Crippen LogP) is 4.22. The van der Waals surface area contributed by atoms with E-state index in [1.54, 1.807) is 22.7 Å². The first-order chi connectivity index (χ1) is 12.7. The third-order valence-corrected chi connectivity index (χ3v) is 5.91. The van der Waals surface area contributed by atoms with Crippen LogP contribution in [0.25, 0.3) is 21.0 Å². The number of benzene rings is 1. The third-order valence-electron chi connectivity index (χ3n) is 3.95. The lowest BCUT2D eigenvalue weighted by molar-refractivity contribution is -0.120. The third kappa shape index (κ3) is 3.68. The van der Waals surface area contributed by atoms with Crippen molar-refractivity contribution in [1.29, 1.82) is 0 Å². The number of hydrogen-bond acceptors (Lipinski definition) is 6. The number of hydrogen-bond donors (Lipinski definition) is 1. The molecule has 0 aliphatic rings. The van der Waals surface area contributed by atoms with E-state index in [0.29, 0.717) is 23.9 Å². The molecule has 0 fully saturated rings. The summed E-state index contributed by atoms with van der Waals surface area (Å²) in [5.41, 5.74) is 1.70.